The largest absolute Gasteiger partial charge is 0.469 e. The fraction of sp³-hybridized carbons (Fsp3) is 0.333. The van der Waals surface area contributed by atoms with Crippen LogP contribution in [0.25, 0.3) is 0 Å². The standard InChI is InChI=1S/C15H20N2O3S/c1-10-9-11(2)15(12(3)14(10)16)21(18,19)17-7-6-13-5-4-8-20-13/h4-5,8-9,17H,6-7,16H2,1-3H3. The fourth-order valence-corrected chi connectivity index (χ4v) is 3.94. The van der Waals surface area contributed by atoms with Crippen molar-refractivity contribution >= 4 is 15.7 Å². The Hall–Kier alpha value is -1.79. The summed E-state index contributed by atoms with van der Waals surface area (Å²) in [7, 11) is -3.59. The molecule has 0 bridgehead atoms. The van der Waals surface area contributed by atoms with Gasteiger partial charge in [0.1, 0.15) is 5.76 Å². The number of nitrogen functional groups attached to an aromatic ring is 1. The number of hydrogen-bond acceptors (Lipinski definition) is 4. The summed E-state index contributed by atoms with van der Waals surface area (Å²) in [5, 5.41) is 0. The highest BCUT2D eigenvalue weighted by atomic mass is 32.2. The number of benzene rings is 1. The van der Waals surface area contributed by atoms with Crippen LogP contribution >= 0.6 is 0 Å². The summed E-state index contributed by atoms with van der Waals surface area (Å²) in [6.45, 7) is 5.66. The highest BCUT2D eigenvalue weighted by Gasteiger charge is 2.21. The molecule has 0 saturated carbocycles. The first-order chi connectivity index (χ1) is 9.83. The van der Waals surface area contributed by atoms with Crippen LogP contribution in [0.5, 0.6) is 0 Å². The topological polar surface area (TPSA) is 85.3 Å². The van der Waals surface area contributed by atoms with Crippen molar-refractivity contribution in [3.8, 4) is 0 Å². The minimum atomic E-state index is -3.59. The van der Waals surface area contributed by atoms with E-state index in [-0.39, 0.29) is 11.4 Å². The van der Waals surface area contributed by atoms with Crippen molar-refractivity contribution in [2.75, 3.05) is 12.3 Å². The molecule has 6 heteroatoms. The first kappa shape index (κ1) is 15.6. The summed E-state index contributed by atoms with van der Waals surface area (Å²) in [5.74, 6) is 0.745. The van der Waals surface area contributed by atoms with Crippen LogP contribution in [0.15, 0.2) is 33.8 Å². The molecule has 2 aromatic rings. The van der Waals surface area contributed by atoms with Gasteiger partial charge in [-0.1, -0.05) is 6.07 Å². The number of sulfonamides is 1. The van der Waals surface area contributed by atoms with Crippen LogP contribution in [-0.2, 0) is 16.4 Å². The summed E-state index contributed by atoms with van der Waals surface area (Å²) >= 11 is 0. The Bertz CT molecular complexity index is 735. The highest BCUT2D eigenvalue weighted by molar-refractivity contribution is 7.89. The second-order valence-electron chi connectivity index (χ2n) is 5.11. The molecule has 0 atom stereocenters. The SMILES string of the molecule is Cc1cc(C)c(S(=O)(=O)NCCc2ccco2)c(C)c1N. The summed E-state index contributed by atoms with van der Waals surface area (Å²) in [6.07, 6.45) is 2.07. The zero-order chi connectivity index (χ0) is 15.6. The zero-order valence-corrected chi connectivity index (χ0v) is 13.3. The lowest BCUT2D eigenvalue weighted by Gasteiger charge is -2.15. The van der Waals surface area contributed by atoms with Crippen LogP contribution in [0, 0.1) is 20.8 Å². The van der Waals surface area contributed by atoms with Crippen LogP contribution in [0.4, 0.5) is 5.69 Å². The Labute approximate surface area is 125 Å². The van der Waals surface area contributed by atoms with Gasteiger partial charge in [-0.15, -0.1) is 0 Å². The van der Waals surface area contributed by atoms with Gasteiger partial charge >= 0.3 is 0 Å². The predicted octanol–water partition coefficient (Wildman–Crippen LogP) is 2.31. The molecule has 0 aliphatic carbocycles. The molecule has 1 aromatic carbocycles. The van der Waals surface area contributed by atoms with Gasteiger partial charge in [-0.2, -0.15) is 0 Å². The van der Waals surface area contributed by atoms with Gasteiger partial charge in [-0.25, -0.2) is 13.1 Å². The Balaban J connectivity index is 2.22. The molecular formula is C15H20N2O3S. The van der Waals surface area contributed by atoms with Gasteiger partial charge in [-0.05, 0) is 49.6 Å². The number of hydrogen-bond donors (Lipinski definition) is 2. The average molecular weight is 308 g/mol. The third-order valence-electron chi connectivity index (χ3n) is 3.47. The molecule has 1 heterocycles. The summed E-state index contributed by atoms with van der Waals surface area (Å²) in [6, 6.07) is 5.39. The molecule has 0 saturated heterocycles. The van der Waals surface area contributed by atoms with E-state index in [4.69, 9.17) is 10.2 Å². The van der Waals surface area contributed by atoms with Crippen molar-refractivity contribution in [2.45, 2.75) is 32.1 Å². The van der Waals surface area contributed by atoms with E-state index in [2.05, 4.69) is 4.72 Å². The van der Waals surface area contributed by atoms with Crippen LogP contribution in [0.2, 0.25) is 0 Å². The summed E-state index contributed by atoms with van der Waals surface area (Å²) in [4.78, 5) is 0.269. The van der Waals surface area contributed by atoms with Crippen molar-refractivity contribution < 1.29 is 12.8 Å². The average Bonchev–Trinajstić information content (AvgIpc) is 2.88. The lowest BCUT2D eigenvalue weighted by atomic mass is 10.1. The van der Waals surface area contributed by atoms with E-state index >= 15 is 0 Å². The maximum absolute atomic E-state index is 12.5. The van der Waals surface area contributed by atoms with Crippen LogP contribution in [0.1, 0.15) is 22.5 Å². The van der Waals surface area contributed by atoms with Crippen molar-refractivity contribution in [3.05, 3.63) is 46.9 Å². The van der Waals surface area contributed by atoms with E-state index in [0.717, 1.165) is 11.3 Å². The second kappa shape index (κ2) is 5.91. The smallest absolute Gasteiger partial charge is 0.241 e. The molecule has 0 aliphatic rings. The van der Waals surface area contributed by atoms with Gasteiger partial charge in [0, 0.05) is 18.7 Å². The normalized spacial score (nSPS) is 11.8. The second-order valence-corrected chi connectivity index (χ2v) is 6.81. The van der Waals surface area contributed by atoms with E-state index in [1.54, 1.807) is 32.2 Å². The molecule has 3 N–H and O–H groups in total. The summed E-state index contributed by atoms with van der Waals surface area (Å²) < 4.78 is 32.7. The van der Waals surface area contributed by atoms with E-state index in [1.807, 2.05) is 13.0 Å². The van der Waals surface area contributed by atoms with Gasteiger partial charge in [0.05, 0.1) is 11.2 Å². The lowest BCUT2D eigenvalue weighted by Crippen LogP contribution is -2.27. The number of nitrogens with two attached hydrogens (primary N) is 1. The quantitative estimate of drug-likeness (QED) is 0.830. The number of aryl methyl sites for hydroxylation is 2. The third kappa shape index (κ3) is 3.28. The van der Waals surface area contributed by atoms with Crippen molar-refractivity contribution in [1.82, 2.24) is 4.72 Å². The van der Waals surface area contributed by atoms with Gasteiger partial charge in [-0.3, -0.25) is 0 Å². The maximum Gasteiger partial charge on any atom is 0.241 e. The van der Waals surface area contributed by atoms with Crippen LogP contribution in [-0.4, -0.2) is 15.0 Å². The van der Waals surface area contributed by atoms with Gasteiger partial charge in [0.15, 0.2) is 0 Å². The predicted molar refractivity (Wildman–Crippen MR) is 82.7 cm³/mol. The van der Waals surface area contributed by atoms with Crippen molar-refractivity contribution in [2.24, 2.45) is 0 Å². The minimum Gasteiger partial charge on any atom is -0.469 e. The van der Waals surface area contributed by atoms with E-state index in [0.29, 0.717) is 23.2 Å². The molecule has 21 heavy (non-hydrogen) atoms. The van der Waals surface area contributed by atoms with Crippen molar-refractivity contribution in [3.63, 3.8) is 0 Å². The third-order valence-corrected chi connectivity index (χ3v) is 5.22. The fourth-order valence-electron chi connectivity index (χ4n) is 2.43. The molecule has 5 nitrogen and oxygen atoms in total. The molecule has 2 rings (SSSR count). The van der Waals surface area contributed by atoms with E-state index in [9.17, 15) is 8.42 Å². The molecule has 0 amide bonds. The van der Waals surface area contributed by atoms with E-state index < -0.39 is 10.0 Å². The zero-order valence-electron chi connectivity index (χ0n) is 12.4. The number of furan rings is 1. The highest BCUT2D eigenvalue weighted by Crippen LogP contribution is 2.27. The Morgan fingerprint density at radius 2 is 1.95 bits per heavy atom. The Kier molecular flexibility index (Phi) is 4.39. The van der Waals surface area contributed by atoms with Gasteiger partial charge in [0.2, 0.25) is 10.0 Å². The molecule has 0 unspecified atom stereocenters. The monoisotopic (exact) mass is 308 g/mol. The lowest BCUT2D eigenvalue weighted by molar-refractivity contribution is 0.506. The molecule has 0 spiro atoms. The molecule has 0 aliphatic heterocycles. The van der Waals surface area contributed by atoms with Crippen LogP contribution in [0.3, 0.4) is 0 Å². The Morgan fingerprint density at radius 1 is 1.24 bits per heavy atom. The molecule has 1 aromatic heterocycles. The Morgan fingerprint density at radius 3 is 2.57 bits per heavy atom. The molecule has 0 fully saturated rings. The maximum atomic E-state index is 12.5. The molecule has 0 radical (unpaired) electrons. The van der Waals surface area contributed by atoms with Crippen LogP contribution < -0.4 is 10.5 Å². The van der Waals surface area contributed by atoms with Crippen molar-refractivity contribution in [1.29, 1.82) is 0 Å². The molecular weight excluding hydrogens is 288 g/mol. The minimum absolute atomic E-state index is 0.269. The first-order valence-electron chi connectivity index (χ1n) is 6.71. The number of anilines is 1. The van der Waals surface area contributed by atoms with Gasteiger partial charge in [0.25, 0.3) is 0 Å². The first-order valence-corrected chi connectivity index (χ1v) is 8.19. The van der Waals surface area contributed by atoms with Gasteiger partial charge < -0.3 is 10.2 Å². The number of rotatable bonds is 5. The molecule has 114 valence electrons. The van der Waals surface area contributed by atoms with E-state index in [1.165, 1.54) is 0 Å². The number of nitrogens with one attached hydrogen (secondary N) is 1. The summed E-state index contributed by atoms with van der Waals surface area (Å²) in [5.41, 5.74) is 8.65.